The summed E-state index contributed by atoms with van der Waals surface area (Å²) in [4.78, 5) is 3.69. The van der Waals surface area contributed by atoms with Gasteiger partial charge in [-0.05, 0) is 24.3 Å². The Kier molecular flexibility index (Phi) is 3.51. The minimum atomic E-state index is 0.305. The molecule has 0 saturated carbocycles. The predicted octanol–water partition coefficient (Wildman–Crippen LogP) is 2.99. The van der Waals surface area contributed by atoms with Crippen LogP contribution in [0.25, 0.3) is 0 Å². The van der Waals surface area contributed by atoms with E-state index in [2.05, 4.69) is 4.99 Å². The zero-order chi connectivity index (χ0) is 11.9. The van der Waals surface area contributed by atoms with Crippen LogP contribution >= 0.6 is 0 Å². The molecule has 17 heavy (non-hydrogen) atoms. The fourth-order valence-corrected chi connectivity index (χ4v) is 1.37. The first-order valence-electron chi connectivity index (χ1n) is 5.15. The topological polar surface area (TPSA) is 45.4 Å². The van der Waals surface area contributed by atoms with Crippen LogP contribution in [0.4, 0.5) is 0 Å². The average molecular weight is 222 g/mol. The van der Waals surface area contributed by atoms with Gasteiger partial charge in [0, 0.05) is 5.56 Å². The summed E-state index contributed by atoms with van der Waals surface area (Å²) in [6.45, 7) is 0. The molecular formula is C14H10N2O. The highest BCUT2D eigenvalue weighted by Gasteiger charge is 2.05. The van der Waals surface area contributed by atoms with Crippen molar-refractivity contribution in [2.45, 2.75) is 0 Å². The summed E-state index contributed by atoms with van der Waals surface area (Å²) >= 11 is 0. The van der Waals surface area contributed by atoms with Gasteiger partial charge in [-0.3, -0.25) is 0 Å². The van der Waals surface area contributed by atoms with Crippen molar-refractivity contribution in [2.75, 3.05) is 0 Å². The first-order valence-corrected chi connectivity index (χ1v) is 5.15. The van der Waals surface area contributed by atoms with E-state index in [1.165, 1.54) is 0 Å². The molecule has 0 aliphatic heterocycles. The van der Waals surface area contributed by atoms with Gasteiger partial charge in [0.05, 0.1) is 0 Å². The molecule has 0 atom stereocenters. The van der Waals surface area contributed by atoms with Crippen molar-refractivity contribution < 1.29 is 4.74 Å². The second-order valence-corrected chi connectivity index (χ2v) is 3.30. The van der Waals surface area contributed by atoms with Crippen molar-refractivity contribution in [3.05, 3.63) is 66.2 Å². The summed E-state index contributed by atoms with van der Waals surface area (Å²) in [7, 11) is 0. The molecule has 3 heteroatoms. The Balaban J connectivity index is 2.27. The maximum Gasteiger partial charge on any atom is 0.237 e. The van der Waals surface area contributed by atoms with E-state index in [-0.39, 0.29) is 0 Å². The van der Waals surface area contributed by atoms with Crippen LogP contribution in [0, 0.1) is 11.5 Å². The summed E-state index contributed by atoms with van der Waals surface area (Å²) in [6, 6.07) is 18.6. The van der Waals surface area contributed by atoms with E-state index in [0.717, 1.165) is 5.56 Å². The monoisotopic (exact) mass is 222 g/mol. The molecule has 0 saturated heterocycles. The minimum Gasteiger partial charge on any atom is -0.438 e. The molecule has 0 aliphatic rings. The second-order valence-electron chi connectivity index (χ2n) is 3.30. The molecule has 2 rings (SSSR count). The Morgan fingerprint density at radius 3 is 2.12 bits per heavy atom. The van der Waals surface area contributed by atoms with E-state index >= 15 is 0 Å². The predicted molar refractivity (Wildman–Crippen MR) is 65.7 cm³/mol. The van der Waals surface area contributed by atoms with E-state index in [4.69, 9.17) is 10.00 Å². The van der Waals surface area contributed by atoms with Crippen molar-refractivity contribution in [1.29, 1.82) is 5.26 Å². The molecule has 82 valence electrons. The molecule has 0 unspecified atom stereocenters. The van der Waals surface area contributed by atoms with Gasteiger partial charge < -0.3 is 4.74 Å². The minimum absolute atomic E-state index is 0.305. The lowest BCUT2D eigenvalue weighted by atomic mass is 10.2. The number of benzene rings is 2. The fraction of sp³-hybridized carbons (Fsp3) is 0. The van der Waals surface area contributed by atoms with Crippen LogP contribution in [0.15, 0.2) is 65.7 Å². The average Bonchev–Trinajstić information content (AvgIpc) is 2.40. The van der Waals surface area contributed by atoms with Crippen molar-refractivity contribution in [2.24, 2.45) is 4.99 Å². The van der Waals surface area contributed by atoms with E-state index in [9.17, 15) is 0 Å². The Morgan fingerprint density at radius 1 is 0.941 bits per heavy atom. The molecule has 0 aliphatic carbocycles. The summed E-state index contributed by atoms with van der Waals surface area (Å²) < 4.78 is 5.57. The lowest BCUT2D eigenvalue weighted by molar-refractivity contribution is 0.553. The number of hydrogen-bond donors (Lipinski definition) is 0. The third-order valence-electron chi connectivity index (χ3n) is 2.13. The number of ether oxygens (including phenoxy) is 1. The standard InChI is InChI=1S/C14H10N2O/c15-11-16-14(12-7-3-1-4-8-12)17-13-9-5-2-6-10-13/h1-10H/b16-14+. The summed E-state index contributed by atoms with van der Waals surface area (Å²) in [5, 5.41) is 8.66. The lowest BCUT2D eigenvalue weighted by Gasteiger charge is -2.06. The first kappa shape index (κ1) is 10.9. The third kappa shape index (κ3) is 2.93. The van der Waals surface area contributed by atoms with Gasteiger partial charge >= 0.3 is 0 Å². The molecule has 0 fully saturated rings. The molecule has 0 N–H and O–H groups in total. The second kappa shape index (κ2) is 5.47. The Morgan fingerprint density at radius 2 is 1.53 bits per heavy atom. The first-order chi connectivity index (χ1) is 8.40. The molecule has 0 heterocycles. The SMILES string of the molecule is N#C/N=C(/Oc1ccccc1)c1ccccc1. The van der Waals surface area contributed by atoms with Gasteiger partial charge in [0.15, 0.2) is 0 Å². The Hall–Kier alpha value is -2.60. The normalized spacial score (nSPS) is 10.6. The van der Waals surface area contributed by atoms with Crippen molar-refractivity contribution in [3.8, 4) is 11.9 Å². The van der Waals surface area contributed by atoms with Gasteiger partial charge in [-0.25, -0.2) is 0 Å². The molecule has 3 nitrogen and oxygen atoms in total. The molecule has 0 amide bonds. The van der Waals surface area contributed by atoms with Gasteiger partial charge in [0.2, 0.25) is 12.1 Å². The maximum absolute atomic E-state index is 8.66. The number of hydrogen-bond acceptors (Lipinski definition) is 3. The quantitative estimate of drug-likeness (QED) is 0.445. The maximum atomic E-state index is 8.66. The van der Waals surface area contributed by atoms with Crippen molar-refractivity contribution >= 4 is 5.90 Å². The van der Waals surface area contributed by atoms with Crippen LogP contribution in [0.2, 0.25) is 0 Å². The summed E-state index contributed by atoms with van der Waals surface area (Å²) in [5.74, 6) is 0.963. The molecule has 0 radical (unpaired) electrons. The third-order valence-corrected chi connectivity index (χ3v) is 2.13. The van der Waals surface area contributed by atoms with E-state index < -0.39 is 0 Å². The van der Waals surface area contributed by atoms with Crippen LogP contribution < -0.4 is 4.74 Å². The number of para-hydroxylation sites is 1. The molecule has 0 aromatic heterocycles. The summed E-state index contributed by atoms with van der Waals surface area (Å²) in [6.07, 6.45) is 1.75. The fourth-order valence-electron chi connectivity index (χ4n) is 1.37. The van der Waals surface area contributed by atoms with Crippen LogP contribution in [0.5, 0.6) is 5.75 Å². The zero-order valence-corrected chi connectivity index (χ0v) is 9.08. The van der Waals surface area contributed by atoms with E-state index in [1.807, 2.05) is 60.7 Å². The van der Waals surface area contributed by atoms with E-state index in [0.29, 0.717) is 11.6 Å². The van der Waals surface area contributed by atoms with Gasteiger partial charge in [-0.1, -0.05) is 36.4 Å². The van der Waals surface area contributed by atoms with E-state index in [1.54, 1.807) is 6.19 Å². The van der Waals surface area contributed by atoms with Crippen LogP contribution in [-0.4, -0.2) is 5.90 Å². The Labute approximate surface area is 99.6 Å². The summed E-state index contributed by atoms with van der Waals surface area (Å²) in [5.41, 5.74) is 0.776. The largest absolute Gasteiger partial charge is 0.438 e. The highest BCUT2D eigenvalue weighted by atomic mass is 16.5. The van der Waals surface area contributed by atoms with Gasteiger partial charge in [0.1, 0.15) is 5.75 Å². The lowest BCUT2D eigenvalue weighted by Crippen LogP contribution is -2.09. The number of aliphatic imine (C=N–C) groups is 1. The highest BCUT2D eigenvalue weighted by Crippen LogP contribution is 2.12. The molecule has 0 spiro atoms. The Bertz CT molecular complexity index is 541. The highest BCUT2D eigenvalue weighted by molar-refractivity contribution is 5.96. The van der Waals surface area contributed by atoms with Crippen LogP contribution in [0.1, 0.15) is 5.56 Å². The smallest absolute Gasteiger partial charge is 0.237 e. The number of rotatable bonds is 2. The van der Waals surface area contributed by atoms with Gasteiger partial charge in [-0.2, -0.15) is 5.26 Å². The van der Waals surface area contributed by atoms with Crippen LogP contribution in [0.3, 0.4) is 0 Å². The molecular weight excluding hydrogens is 212 g/mol. The van der Waals surface area contributed by atoms with Crippen molar-refractivity contribution in [1.82, 2.24) is 0 Å². The zero-order valence-electron chi connectivity index (χ0n) is 9.08. The number of nitriles is 1. The molecule has 2 aromatic carbocycles. The van der Waals surface area contributed by atoms with Gasteiger partial charge in [-0.15, -0.1) is 4.99 Å². The molecule has 0 bridgehead atoms. The van der Waals surface area contributed by atoms with Crippen LogP contribution in [-0.2, 0) is 0 Å². The van der Waals surface area contributed by atoms with Crippen molar-refractivity contribution in [3.63, 3.8) is 0 Å². The number of nitrogens with zero attached hydrogens (tertiary/aromatic N) is 2. The molecule has 2 aromatic rings. The van der Waals surface area contributed by atoms with Gasteiger partial charge in [0.25, 0.3) is 0 Å².